The molecule has 0 saturated carbocycles. The Kier molecular flexibility index (Phi) is 9.40. The summed E-state index contributed by atoms with van der Waals surface area (Å²) in [5.74, 6) is 2.05. The molecule has 4 unspecified atom stereocenters. The number of fused-ring (bicyclic) bond motifs is 11. The lowest BCUT2D eigenvalue weighted by molar-refractivity contribution is 0.228. The minimum atomic E-state index is -0.254. The fraction of sp³-hybridized carbons (Fsp3) is 0.194. The Morgan fingerprint density at radius 2 is 1.20 bits per heavy atom. The summed E-state index contributed by atoms with van der Waals surface area (Å²) in [4.78, 5) is 5.02. The molecule has 8 aromatic carbocycles. The van der Waals surface area contributed by atoms with Crippen molar-refractivity contribution in [1.82, 2.24) is 0 Å². The van der Waals surface area contributed by atoms with Gasteiger partial charge in [-0.05, 0) is 106 Å². The molecule has 1 aromatic heterocycles. The van der Waals surface area contributed by atoms with Crippen molar-refractivity contribution in [3.05, 3.63) is 205 Å². The number of para-hydroxylation sites is 3. The van der Waals surface area contributed by atoms with Gasteiger partial charge >= 0.3 is 0 Å². The van der Waals surface area contributed by atoms with Gasteiger partial charge in [0.25, 0.3) is 0 Å². The quantitative estimate of drug-likeness (QED) is 0.142. The SMILES string of the molecule is CC(C)C1=CC(C)C(N(c2cccc3c2OC2C=CC=CC32C)c2cc3c4ccccc4c(N(c4ccc(C(C)C)cc4)c4cccc5c4oc4ccccc45)cc3c3ccccc23)C=C1. The summed E-state index contributed by atoms with van der Waals surface area (Å²) >= 11 is 0. The second kappa shape index (κ2) is 15.4. The second-order valence-electron chi connectivity index (χ2n) is 19.4. The van der Waals surface area contributed by atoms with Crippen molar-refractivity contribution in [2.75, 3.05) is 9.80 Å². The van der Waals surface area contributed by atoms with Crippen LogP contribution in [0.25, 0.3) is 54.3 Å². The third-order valence-corrected chi connectivity index (χ3v) is 14.7. The molecule has 0 bridgehead atoms. The van der Waals surface area contributed by atoms with Gasteiger partial charge < -0.3 is 19.0 Å². The first-order valence-corrected chi connectivity index (χ1v) is 23.7. The first-order chi connectivity index (χ1) is 32.2. The van der Waals surface area contributed by atoms with Crippen LogP contribution in [-0.4, -0.2) is 12.1 Å². The van der Waals surface area contributed by atoms with Crippen molar-refractivity contribution < 1.29 is 9.15 Å². The summed E-state index contributed by atoms with van der Waals surface area (Å²) < 4.78 is 13.9. The molecule has 4 atom stereocenters. The molecule has 9 aromatic rings. The van der Waals surface area contributed by atoms with E-state index in [-0.39, 0.29) is 23.5 Å². The topological polar surface area (TPSA) is 28.9 Å². The molecule has 4 nitrogen and oxygen atoms in total. The third-order valence-electron chi connectivity index (χ3n) is 14.7. The second-order valence-corrected chi connectivity index (χ2v) is 19.4. The van der Waals surface area contributed by atoms with Crippen LogP contribution in [0.1, 0.15) is 58.6 Å². The van der Waals surface area contributed by atoms with Gasteiger partial charge in [0.15, 0.2) is 5.58 Å². The number of hydrogen-bond acceptors (Lipinski definition) is 4. The van der Waals surface area contributed by atoms with E-state index in [1.807, 2.05) is 6.07 Å². The fourth-order valence-electron chi connectivity index (χ4n) is 11.1. The Labute approximate surface area is 387 Å². The van der Waals surface area contributed by atoms with Gasteiger partial charge in [-0.2, -0.15) is 0 Å². The minimum absolute atomic E-state index is 0.0316. The highest BCUT2D eigenvalue weighted by atomic mass is 16.5. The zero-order valence-electron chi connectivity index (χ0n) is 38.5. The molecule has 2 aliphatic carbocycles. The van der Waals surface area contributed by atoms with Gasteiger partial charge in [0.1, 0.15) is 17.4 Å². The highest BCUT2D eigenvalue weighted by Gasteiger charge is 2.45. The molecule has 0 amide bonds. The molecular formula is C62H54N2O2. The number of anilines is 5. The van der Waals surface area contributed by atoms with Gasteiger partial charge in [0.05, 0.1) is 34.2 Å². The van der Waals surface area contributed by atoms with Gasteiger partial charge in [-0.25, -0.2) is 0 Å². The van der Waals surface area contributed by atoms with E-state index in [0.717, 1.165) is 61.5 Å². The van der Waals surface area contributed by atoms with E-state index in [9.17, 15) is 0 Å². The zero-order valence-corrected chi connectivity index (χ0v) is 38.5. The molecule has 324 valence electrons. The molecule has 3 aliphatic rings. The molecule has 0 spiro atoms. The lowest BCUT2D eigenvalue weighted by atomic mass is 9.76. The van der Waals surface area contributed by atoms with Crippen LogP contribution in [-0.2, 0) is 5.41 Å². The van der Waals surface area contributed by atoms with Crippen molar-refractivity contribution in [3.8, 4) is 5.75 Å². The molecule has 4 heteroatoms. The number of benzene rings is 8. The van der Waals surface area contributed by atoms with Gasteiger partial charge in [-0.1, -0.05) is 174 Å². The van der Waals surface area contributed by atoms with Crippen molar-refractivity contribution in [3.63, 3.8) is 0 Å². The molecule has 0 fully saturated rings. The number of rotatable bonds is 8. The maximum atomic E-state index is 7.07. The monoisotopic (exact) mass is 858 g/mol. The van der Waals surface area contributed by atoms with Gasteiger partial charge in [0.2, 0.25) is 0 Å². The Bertz CT molecular complexity index is 3530. The van der Waals surface area contributed by atoms with Crippen LogP contribution in [0.3, 0.4) is 0 Å². The number of allylic oxidation sites excluding steroid dienone is 4. The van der Waals surface area contributed by atoms with Gasteiger partial charge in [-0.15, -0.1) is 0 Å². The molecule has 1 aliphatic heterocycles. The van der Waals surface area contributed by atoms with Crippen molar-refractivity contribution in [1.29, 1.82) is 0 Å². The fourth-order valence-corrected chi connectivity index (χ4v) is 11.1. The summed E-state index contributed by atoms with van der Waals surface area (Å²) in [6, 6.07) is 53.7. The molecule has 12 rings (SSSR count). The van der Waals surface area contributed by atoms with E-state index in [1.54, 1.807) is 0 Å². The Morgan fingerprint density at radius 3 is 1.91 bits per heavy atom. The van der Waals surface area contributed by atoms with Crippen LogP contribution in [0.15, 0.2) is 198 Å². The molecule has 0 radical (unpaired) electrons. The van der Waals surface area contributed by atoms with Gasteiger partial charge in [-0.3, -0.25) is 0 Å². The average molecular weight is 859 g/mol. The van der Waals surface area contributed by atoms with E-state index >= 15 is 0 Å². The van der Waals surface area contributed by atoms with Crippen LogP contribution in [0.2, 0.25) is 0 Å². The van der Waals surface area contributed by atoms with Crippen LogP contribution in [0.5, 0.6) is 5.75 Å². The Morgan fingerprint density at radius 1 is 0.561 bits per heavy atom. The van der Waals surface area contributed by atoms with Crippen LogP contribution in [0, 0.1) is 11.8 Å². The summed E-state index contributed by atoms with van der Waals surface area (Å²) in [5.41, 5.74) is 10.8. The highest BCUT2D eigenvalue weighted by molar-refractivity contribution is 6.25. The smallest absolute Gasteiger partial charge is 0.159 e. The largest absolute Gasteiger partial charge is 0.483 e. The molecular weight excluding hydrogens is 805 g/mol. The number of hydrogen-bond donors (Lipinski definition) is 0. The van der Waals surface area contributed by atoms with Crippen LogP contribution in [0.4, 0.5) is 28.4 Å². The average Bonchev–Trinajstić information content (AvgIpc) is 3.88. The molecule has 0 saturated heterocycles. The Hall–Kier alpha value is -7.30. The first kappa shape index (κ1) is 40.2. The summed E-state index contributed by atoms with van der Waals surface area (Å²) in [6.45, 7) is 13.8. The lowest BCUT2D eigenvalue weighted by Gasteiger charge is -2.38. The maximum absolute atomic E-state index is 7.07. The minimum Gasteiger partial charge on any atom is -0.483 e. The van der Waals surface area contributed by atoms with Gasteiger partial charge in [0, 0.05) is 32.8 Å². The third kappa shape index (κ3) is 6.18. The van der Waals surface area contributed by atoms with E-state index in [4.69, 9.17) is 9.15 Å². The number of ether oxygens (including phenoxy) is 1. The predicted molar refractivity (Wildman–Crippen MR) is 279 cm³/mol. The molecule has 66 heavy (non-hydrogen) atoms. The number of nitrogens with zero attached hydrogens (tertiary/aromatic N) is 2. The zero-order chi connectivity index (χ0) is 44.8. The van der Waals surface area contributed by atoms with E-state index in [0.29, 0.717) is 11.8 Å². The standard InChI is InChI=1S/C62H54N2O2/c1-38(2)41-28-31-43(32-29-41)63(54-24-15-22-49-48-21-11-12-26-58(48)65-60(49)54)56-36-50-45-18-8-10-20-47(45)57(37-51(50)44-17-7-9-19-46(44)56)64(53-33-30-42(39(3)4)35-40(53)5)55-25-16-23-52-61(55)66-59-27-13-14-34-62(52,59)6/h7-40,53,59H,1-6H3. The maximum Gasteiger partial charge on any atom is 0.159 e. The van der Waals surface area contributed by atoms with E-state index in [2.05, 4.69) is 233 Å². The highest BCUT2D eigenvalue weighted by Crippen LogP contribution is 2.54. The first-order valence-electron chi connectivity index (χ1n) is 23.7. The number of furan rings is 1. The van der Waals surface area contributed by atoms with E-state index in [1.165, 1.54) is 43.6 Å². The normalized spacial score (nSPS) is 19.9. The van der Waals surface area contributed by atoms with Crippen LogP contribution >= 0.6 is 0 Å². The molecule has 0 N–H and O–H groups in total. The van der Waals surface area contributed by atoms with Crippen molar-refractivity contribution in [2.45, 2.75) is 65.0 Å². The van der Waals surface area contributed by atoms with Crippen LogP contribution < -0.4 is 14.5 Å². The van der Waals surface area contributed by atoms with E-state index < -0.39 is 0 Å². The summed E-state index contributed by atoms with van der Waals surface area (Å²) in [6.07, 6.45) is 16.0. The van der Waals surface area contributed by atoms with Crippen molar-refractivity contribution in [2.24, 2.45) is 11.8 Å². The lowest BCUT2D eigenvalue weighted by Crippen LogP contribution is -2.36. The molecule has 2 heterocycles. The summed E-state index contributed by atoms with van der Waals surface area (Å²) in [5, 5.41) is 9.36. The Balaban J connectivity index is 1.14. The summed E-state index contributed by atoms with van der Waals surface area (Å²) in [7, 11) is 0. The van der Waals surface area contributed by atoms with Crippen molar-refractivity contribution >= 4 is 82.7 Å². The predicted octanol–water partition coefficient (Wildman–Crippen LogP) is 17.1.